The summed E-state index contributed by atoms with van der Waals surface area (Å²) in [6, 6.07) is 8.74. The minimum atomic E-state index is -0.547. The largest absolute Gasteiger partial charge is 0.294 e. The van der Waals surface area contributed by atoms with Crippen molar-refractivity contribution in [2.45, 2.75) is 39.0 Å². The molecule has 5 nitrogen and oxygen atoms in total. The molecule has 0 aliphatic heterocycles. The highest BCUT2D eigenvalue weighted by Gasteiger charge is 2.46. The van der Waals surface area contributed by atoms with Gasteiger partial charge in [0.05, 0.1) is 5.92 Å². The van der Waals surface area contributed by atoms with Gasteiger partial charge in [-0.25, -0.2) is 0 Å². The maximum Gasteiger partial charge on any atom is 0.191 e. The van der Waals surface area contributed by atoms with Gasteiger partial charge in [0.25, 0.3) is 0 Å². The molecule has 3 aliphatic rings. The van der Waals surface area contributed by atoms with Gasteiger partial charge in [-0.3, -0.25) is 19.5 Å². The predicted molar refractivity (Wildman–Crippen MR) is 103 cm³/mol. The lowest BCUT2D eigenvalue weighted by Crippen LogP contribution is -2.36. The van der Waals surface area contributed by atoms with Gasteiger partial charge < -0.3 is 0 Å². The Balaban J connectivity index is 1.76. The van der Waals surface area contributed by atoms with E-state index in [0.717, 1.165) is 12.0 Å². The number of allylic oxidation sites excluding steroid dienone is 4. The Bertz CT molecular complexity index is 1120. The van der Waals surface area contributed by atoms with Crippen molar-refractivity contribution in [1.82, 2.24) is 10.2 Å². The number of nitrogens with one attached hydrogen (secondary N) is 1. The second-order valence-electron chi connectivity index (χ2n) is 8.68. The first kappa shape index (κ1) is 17.0. The first-order valence-corrected chi connectivity index (χ1v) is 9.53. The van der Waals surface area contributed by atoms with Gasteiger partial charge in [0.15, 0.2) is 17.3 Å². The van der Waals surface area contributed by atoms with E-state index in [-0.39, 0.29) is 22.8 Å². The molecule has 5 heteroatoms. The maximum atomic E-state index is 13.4. The van der Waals surface area contributed by atoms with Crippen LogP contribution in [0.3, 0.4) is 0 Å². The number of aromatic nitrogens is 2. The molecule has 0 radical (unpaired) electrons. The summed E-state index contributed by atoms with van der Waals surface area (Å²) >= 11 is 0. The molecule has 140 valence electrons. The van der Waals surface area contributed by atoms with Crippen LogP contribution in [0.15, 0.2) is 58.8 Å². The summed E-state index contributed by atoms with van der Waals surface area (Å²) in [6.07, 6.45) is 3.19. The second kappa shape index (κ2) is 5.71. The average Bonchev–Trinajstić information content (AvgIpc) is 3.18. The number of hydrogen-bond donors (Lipinski definition) is 1. The summed E-state index contributed by atoms with van der Waals surface area (Å²) in [5, 5.41) is 6.98. The summed E-state index contributed by atoms with van der Waals surface area (Å²) in [4.78, 5) is 39.9. The van der Waals surface area contributed by atoms with Gasteiger partial charge in [-0.1, -0.05) is 43.7 Å². The normalized spacial score (nSPS) is 23.5. The Morgan fingerprint density at radius 2 is 1.68 bits per heavy atom. The van der Waals surface area contributed by atoms with E-state index in [1.165, 1.54) is 0 Å². The number of benzene rings is 1. The predicted octanol–water partition coefficient (Wildman–Crippen LogP) is 3.96. The fraction of sp³-hybridized carbons (Fsp3) is 0.304. The van der Waals surface area contributed by atoms with Crippen LogP contribution >= 0.6 is 0 Å². The van der Waals surface area contributed by atoms with E-state index in [1.807, 2.05) is 0 Å². The van der Waals surface area contributed by atoms with Gasteiger partial charge in [0, 0.05) is 46.2 Å². The molecular weight excluding hydrogens is 352 g/mol. The molecule has 1 unspecified atom stereocenters. The smallest absolute Gasteiger partial charge is 0.191 e. The summed E-state index contributed by atoms with van der Waals surface area (Å²) in [5.74, 6) is -0.739. The molecule has 0 spiro atoms. The van der Waals surface area contributed by atoms with Crippen LogP contribution in [0.1, 0.15) is 65.4 Å². The second-order valence-corrected chi connectivity index (χ2v) is 8.68. The van der Waals surface area contributed by atoms with Gasteiger partial charge in [0.1, 0.15) is 0 Å². The number of H-pyrrole nitrogens is 1. The number of carbonyl (C=O) groups is 3. The fourth-order valence-corrected chi connectivity index (χ4v) is 5.01. The highest BCUT2D eigenvalue weighted by molar-refractivity contribution is 6.28. The van der Waals surface area contributed by atoms with E-state index in [1.54, 1.807) is 36.5 Å². The van der Waals surface area contributed by atoms with Crippen molar-refractivity contribution in [1.29, 1.82) is 0 Å². The third-order valence-corrected chi connectivity index (χ3v) is 6.07. The number of rotatable bonds is 1. The van der Waals surface area contributed by atoms with Gasteiger partial charge in [-0.05, 0) is 24.3 Å². The minimum absolute atomic E-state index is 0.0662. The van der Waals surface area contributed by atoms with Gasteiger partial charge in [-0.2, -0.15) is 5.10 Å². The molecule has 0 fully saturated rings. The minimum Gasteiger partial charge on any atom is -0.294 e. The highest BCUT2D eigenvalue weighted by Crippen LogP contribution is 2.51. The topological polar surface area (TPSA) is 79.9 Å². The molecule has 0 bridgehead atoms. The molecule has 0 saturated carbocycles. The summed E-state index contributed by atoms with van der Waals surface area (Å²) < 4.78 is 0. The van der Waals surface area contributed by atoms with Crippen LogP contribution in [0.25, 0.3) is 0 Å². The van der Waals surface area contributed by atoms with E-state index >= 15 is 0 Å². The molecule has 3 aliphatic carbocycles. The van der Waals surface area contributed by atoms with Gasteiger partial charge in [0.2, 0.25) is 0 Å². The molecule has 0 saturated heterocycles. The fourth-order valence-electron chi connectivity index (χ4n) is 5.01. The van der Waals surface area contributed by atoms with E-state index < -0.39 is 5.92 Å². The number of carbonyl (C=O) groups excluding carboxylic acids is 3. The molecule has 0 amide bonds. The molecule has 5 rings (SSSR count). The number of ketones is 3. The first-order valence-electron chi connectivity index (χ1n) is 9.53. The number of fused-ring (bicyclic) bond motifs is 1. The number of hydrogen-bond acceptors (Lipinski definition) is 4. The Morgan fingerprint density at radius 3 is 2.36 bits per heavy atom. The van der Waals surface area contributed by atoms with E-state index in [9.17, 15) is 14.4 Å². The number of Topliss-reactive ketones (excluding diaryl/α,β-unsaturated/α-hetero) is 3. The van der Waals surface area contributed by atoms with Gasteiger partial charge in [-0.15, -0.1) is 0 Å². The van der Waals surface area contributed by atoms with E-state index in [2.05, 4.69) is 24.0 Å². The zero-order valence-electron chi connectivity index (χ0n) is 15.8. The Kier molecular flexibility index (Phi) is 3.48. The van der Waals surface area contributed by atoms with Crippen LogP contribution in [0.5, 0.6) is 0 Å². The Morgan fingerprint density at radius 1 is 0.964 bits per heavy atom. The molecular formula is C23H20N2O3. The van der Waals surface area contributed by atoms with Crippen molar-refractivity contribution in [3.8, 4) is 0 Å². The lowest BCUT2D eigenvalue weighted by atomic mass is 9.62. The molecule has 1 aromatic carbocycles. The molecule has 1 N–H and O–H groups in total. The van der Waals surface area contributed by atoms with Crippen LogP contribution in [0, 0.1) is 5.41 Å². The van der Waals surface area contributed by atoms with Crippen molar-refractivity contribution in [2.24, 2.45) is 5.41 Å². The van der Waals surface area contributed by atoms with Crippen molar-refractivity contribution in [3.05, 3.63) is 75.6 Å². The zero-order valence-corrected chi connectivity index (χ0v) is 15.8. The summed E-state index contributed by atoms with van der Waals surface area (Å²) in [5.41, 5.74) is 4.07. The Hall–Kier alpha value is -3.08. The third-order valence-electron chi connectivity index (χ3n) is 6.07. The molecule has 1 atom stereocenters. The molecule has 28 heavy (non-hydrogen) atoms. The standard InChI is InChI=1S/C23H20N2O3/c1-23(2)10-12-9-15-19(22(28)14-6-4-3-5-13(14)21(15)27)20(16-7-8-24-25-16)18(12)17(26)11-23/h3-8,20H,9-11H2,1-2H3,(H,24,25). The van der Waals surface area contributed by atoms with Crippen LogP contribution in [-0.2, 0) is 4.79 Å². The molecule has 1 heterocycles. The van der Waals surface area contributed by atoms with Gasteiger partial charge >= 0.3 is 0 Å². The van der Waals surface area contributed by atoms with Crippen molar-refractivity contribution < 1.29 is 14.4 Å². The highest BCUT2D eigenvalue weighted by atomic mass is 16.1. The maximum absolute atomic E-state index is 13.4. The number of aromatic amines is 1. The van der Waals surface area contributed by atoms with Crippen LogP contribution < -0.4 is 0 Å². The first-order chi connectivity index (χ1) is 13.4. The average molecular weight is 372 g/mol. The molecule has 2 aromatic rings. The SMILES string of the molecule is CC1(C)CC(=O)C2=C(CC3=C(C(=O)c4ccccc4C3=O)C2c2ccn[nH]2)C1. The van der Waals surface area contributed by atoms with Crippen LogP contribution in [0.4, 0.5) is 0 Å². The molecule has 1 aromatic heterocycles. The third kappa shape index (κ3) is 2.32. The lowest BCUT2D eigenvalue weighted by molar-refractivity contribution is -0.118. The van der Waals surface area contributed by atoms with E-state index in [4.69, 9.17) is 0 Å². The number of nitrogens with zero attached hydrogens (tertiary/aromatic N) is 1. The lowest BCUT2D eigenvalue weighted by Gasteiger charge is -2.40. The van der Waals surface area contributed by atoms with Crippen LogP contribution in [0.2, 0.25) is 0 Å². The summed E-state index contributed by atoms with van der Waals surface area (Å²) in [7, 11) is 0. The monoisotopic (exact) mass is 372 g/mol. The Labute approximate surface area is 162 Å². The van der Waals surface area contributed by atoms with Crippen molar-refractivity contribution in [2.75, 3.05) is 0 Å². The van der Waals surface area contributed by atoms with Crippen molar-refractivity contribution >= 4 is 17.3 Å². The zero-order chi connectivity index (χ0) is 19.6. The quantitative estimate of drug-likeness (QED) is 0.822. The van der Waals surface area contributed by atoms with Crippen LogP contribution in [-0.4, -0.2) is 27.5 Å². The summed E-state index contributed by atoms with van der Waals surface area (Å²) in [6.45, 7) is 4.15. The van der Waals surface area contributed by atoms with Crippen molar-refractivity contribution in [3.63, 3.8) is 0 Å². The van der Waals surface area contributed by atoms with E-state index in [0.29, 0.717) is 46.4 Å².